The molecule has 0 saturated carbocycles. The monoisotopic (exact) mass is 127 g/mol. The molecule has 2 nitrogen and oxygen atoms in total. The van der Waals surface area contributed by atoms with Gasteiger partial charge in [0.2, 0.25) is 0 Å². The zero-order valence-corrected chi connectivity index (χ0v) is 6.05. The van der Waals surface area contributed by atoms with Gasteiger partial charge in [-0.05, 0) is 13.3 Å². The number of nitrogens with zero attached hydrogens (tertiary/aromatic N) is 1. The maximum atomic E-state index is 8.42. The van der Waals surface area contributed by atoms with Gasteiger partial charge in [-0.25, -0.2) is 0 Å². The molecule has 0 bridgehead atoms. The summed E-state index contributed by atoms with van der Waals surface area (Å²) in [5.74, 6) is 0.0879. The van der Waals surface area contributed by atoms with Gasteiger partial charge in [0, 0.05) is 6.61 Å². The zero-order chi connectivity index (χ0) is 7.11. The summed E-state index contributed by atoms with van der Waals surface area (Å²) in [5.41, 5.74) is 0. The summed E-state index contributed by atoms with van der Waals surface area (Å²) in [6.07, 6.45) is 0.885. The molecule has 0 saturated heterocycles. The van der Waals surface area contributed by atoms with Crippen LogP contribution < -0.4 is 0 Å². The lowest BCUT2D eigenvalue weighted by Crippen LogP contribution is -2.05. The first kappa shape index (κ1) is 8.45. The summed E-state index contributed by atoms with van der Waals surface area (Å²) < 4.78 is 5.05. The fourth-order valence-electron chi connectivity index (χ4n) is 0.507. The van der Waals surface area contributed by atoms with E-state index < -0.39 is 0 Å². The molecule has 9 heavy (non-hydrogen) atoms. The molecule has 0 N–H and O–H groups in total. The quantitative estimate of drug-likeness (QED) is 0.574. The Hall–Kier alpha value is -0.550. The van der Waals surface area contributed by atoms with Gasteiger partial charge in [0.15, 0.2) is 0 Å². The second-order valence-corrected chi connectivity index (χ2v) is 1.89. The minimum atomic E-state index is 0.0879. The van der Waals surface area contributed by atoms with Gasteiger partial charge < -0.3 is 4.74 Å². The fraction of sp³-hybridized carbons (Fsp3) is 0.857. The summed E-state index contributed by atoms with van der Waals surface area (Å²) in [6.45, 7) is 5.22. The molecule has 0 spiro atoms. The Morgan fingerprint density at radius 1 is 1.56 bits per heavy atom. The van der Waals surface area contributed by atoms with Crippen LogP contribution in [0, 0.1) is 17.2 Å². The molecule has 1 atom stereocenters. The lowest BCUT2D eigenvalue weighted by atomic mass is 10.1. The van der Waals surface area contributed by atoms with Gasteiger partial charge in [-0.1, -0.05) is 6.92 Å². The minimum Gasteiger partial charge on any atom is -0.380 e. The normalized spacial score (nSPS) is 12.6. The van der Waals surface area contributed by atoms with Crippen LogP contribution in [0.4, 0.5) is 0 Å². The molecule has 0 heterocycles. The summed E-state index contributed by atoms with van der Waals surface area (Å²) >= 11 is 0. The van der Waals surface area contributed by atoms with Crippen LogP contribution in [-0.2, 0) is 4.74 Å². The highest BCUT2D eigenvalue weighted by Crippen LogP contribution is 1.99. The van der Waals surface area contributed by atoms with Crippen molar-refractivity contribution in [2.75, 3.05) is 13.2 Å². The van der Waals surface area contributed by atoms with E-state index >= 15 is 0 Å². The largest absolute Gasteiger partial charge is 0.380 e. The smallest absolute Gasteiger partial charge is 0.0694 e. The second kappa shape index (κ2) is 5.58. The van der Waals surface area contributed by atoms with Crippen molar-refractivity contribution >= 4 is 0 Å². The van der Waals surface area contributed by atoms with Crippen molar-refractivity contribution in [3.05, 3.63) is 0 Å². The maximum absolute atomic E-state index is 8.42. The Morgan fingerprint density at radius 2 is 2.22 bits per heavy atom. The molecule has 0 aromatic carbocycles. The average molecular weight is 127 g/mol. The Bertz CT molecular complexity index is 95.6. The van der Waals surface area contributed by atoms with E-state index in [4.69, 9.17) is 10.00 Å². The Morgan fingerprint density at radius 3 is 2.56 bits per heavy atom. The van der Waals surface area contributed by atoms with Crippen molar-refractivity contribution in [2.45, 2.75) is 20.3 Å². The maximum Gasteiger partial charge on any atom is 0.0694 e. The summed E-state index contributed by atoms with van der Waals surface area (Å²) in [5, 5.41) is 8.42. The number of rotatable bonds is 4. The molecule has 0 aliphatic heterocycles. The van der Waals surface area contributed by atoms with Crippen LogP contribution in [0.25, 0.3) is 0 Å². The van der Waals surface area contributed by atoms with Crippen LogP contribution in [-0.4, -0.2) is 13.2 Å². The lowest BCUT2D eigenvalue weighted by molar-refractivity contribution is 0.125. The predicted octanol–water partition coefficient (Wildman–Crippen LogP) is 1.57. The highest BCUT2D eigenvalue weighted by atomic mass is 16.5. The molecular formula is C7H13NO. The van der Waals surface area contributed by atoms with E-state index in [2.05, 4.69) is 6.07 Å². The number of hydrogen-bond acceptors (Lipinski definition) is 2. The van der Waals surface area contributed by atoms with E-state index in [0.717, 1.165) is 6.42 Å². The molecule has 0 fully saturated rings. The van der Waals surface area contributed by atoms with Crippen LogP contribution in [0.2, 0.25) is 0 Å². The van der Waals surface area contributed by atoms with Crippen molar-refractivity contribution in [1.29, 1.82) is 5.26 Å². The fourth-order valence-corrected chi connectivity index (χ4v) is 0.507. The van der Waals surface area contributed by atoms with Crippen molar-refractivity contribution in [2.24, 2.45) is 5.92 Å². The van der Waals surface area contributed by atoms with Crippen LogP contribution in [0.15, 0.2) is 0 Å². The SMILES string of the molecule is CCOCC(C#N)CC. The molecule has 0 amide bonds. The van der Waals surface area contributed by atoms with Crippen molar-refractivity contribution in [3.63, 3.8) is 0 Å². The standard InChI is InChI=1S/C7H13NO/c1-3-7(5-8)6-9-4-2/h7H,3-4,6H2,1-2H3. The second-order valence-electron chi connectivity index (χ2n) is 1.89. The number of ether oxygens (including phenoxy) is 1. The van der Waals surface area contributed by atoms with Gasteiger partial charge in [0.05, 0.1) is 18.6 Å². The van der Waals surface area contributed by atoms with Gasteiger partial charge in [-0.2, -0.15) is 5.26 Å². The summed E-state index contributed by atoms with van der Waals surface area (Å²) in [7, 11) is 0. The van der Waals surface area contributed by atoms with Gasteiger partial charge >= 0.3 is 0 Å². The summed E-state index contributed by atoms with van der Waals surface area (Å²) in [6, 6.07) is 2.16. The van der Waals surface area contributed by atoms with Crippen LogP contribution in [0.5, 0.6) is 0 Å². The van der Waals surface area contributed by atoms with Crippen LogP contribution in [0.1, 0.15) is 20.3 Å². The molecule has 0 radical (unpaired) electrons. The van der Waals surface area contributed by atoms with Crippen molar-refractivity contribution in [3.8, 4) is 6.07 Å². The molecular weight excluding hydrogens is 114 g/mol. The first-order chi connectivity index (χ1) is 4.35. The van der Waals surface area contributed by atoms with Crippen molar-refractivity contribution < 1.29 is 4.74 Å². The minimum absolute atomic E-state index is 0.0879. The van der Waals surface area contributed by atoms with Crippen LogP contribution >= 0.6 is 0 Å². The van der Waals surface area contributed by atoms with Gasteiger partial charge in [0.1, 0.15) is 0 Å². The van der Waals surface area contributed by atoms with E-state index in [-0.39, 0.29) is 5.92 Å². The van der Waals surface area contributed by atoms with E-state index in [1.54, 1.807) is 0 Å². The molecule has 2 heteroatoms. The van der Waals surface area contributed by atoms with E-state index in [9.17, 15) is 0 Å². The predicted molar refractivity (Wildman–Crippen MR) is 35.9 cm³/mol. The molecule has 0 aliphatic carbocycles. The molecule has 1 unspecified atom stereocenters. The number of hydrogen-bond donors (Lipinski definition) is 0. The van der Waals surface area contributed by atoms with Crippen LogP contribution in [0.3, 0.4) is 0 Å². The third-order valence-electron chi connectivity index (χ3n) is 1.20. The average Bonchev–Trinajstić information content (AvgIpc) is 1.91. The third-order valence-corrected chi connectivity index (χ3v) is 1.20. The Balaban J connectivity index is 3.23. The number of nitriles is 1. The van der Waals surface area contributed by atoms with Gasteiger partial charge in [-0.3, -0.25) is 0 Å². The van der Waals surface area contributed by atoms with E-state index in [1.165, 1.54) is 0 Å². The molecule has 0 rings (SSSR count). The van der Waals surface area contributed by atoms with Gasteiger partial charge in [0.25, 0.3) is 0 Å². The van der Waals surface area contributed by atoms with Crippen molar-refractivity contribution in [1.82, 2.24) is 0 Å². The van der Waals surface area contributed by atoms with E-state index in [1.807, 2.05) is 13.8 Å². The molecule has 52 valence electrons. The Labute approximate surface area is 56.4 Å². The third kappa shape index (κ3) is 3.99. The molecule has 0 aliphatic rings. The zero-order valence-electron chi connectivity index (χ0n) is 6.05. The highest BCUT2D eigenvalue weighted by Gasteiger charge is 2.01. The first-order valence-corrected chi connectivity index (χ1v) is 3.32. The Kier molecular flexibility index (Phi) is 5.24. The van der Waals surface area contributed by atoms with Gasteiger partial charge in [-0.15, -0.1) is 0 Å². The highest BCUT2D eigenvalue weighted by molar-refractivity contribution is 4.80. The summed E-state index contributed by atoms with van der Waals surface area (Å²) in [4.78, 5) is 0. The van der Waals surface area contributed by atoms with E-state index in [0.29, 0.717) is 13.2 Å². The molecule has 0 aromatic heterocycles. The molecule has 0 aromatic rings. The topological polar surface area (TPSA) is 33.0 Å². The first-order valence-electron chi connectivity index (χ1n) is 3.32. The lowest BCUT2D eigenvalue weighted by Gasteiger charge is -2.03.